The van der Waals surface area contributed by atoms with Gasteiger partial charge in [-0.25, -0.2) is 4.98 Å². The van der Waals surface area contributed by atoms with Crippen molar-refractivity contribution in [3.05, 3.63) is 35.2 Å². The first kappa shape index (κ1) is 12.4. The standard InChI is InChI=1S/C14H21N5/c1-10-12(11(2)18(3)17-10)8-19-9-15-7-14(19)13-5-4-6-16-13/h7,9,13,16H,4-6,8H2,1-3H3. The predicted molar refractivity (Wildman–Crippen MR) is 74.0 cm³/mol. The molecule has 0 amide bonds. The van der Waals surface area contributed by atoms with E-state index in [2.05, 4.69) is 33.8 Å². The maximum atomic E-state index is 4.49. The van der Waals surface area contributed by atoms with E-state index in [0.29, 0.717) is 6.04 Å². The second kappa shape index (κ2) is 4.81. The van der Waals surface area contributed by atoms with Crippen LogP contribution in [0.2, 0.25) is 0 Å². The van der Waals surface area contributed by atoms with E-state index in [1.807, 2.05) is 24.3 Å². The molecule has 5 heteroatoms. The Morgan fingerprint density at radius 3 is 2.89 bits per heavy atom. The highest BCUT2D eigenvalue weighted by Crippen LogP contribution is 2.24. The molecule has 1 aliphatic heterocycles. The molecule has 19 heavy (non-hydrogen) atoms. The van der Waals surface area contributed by atoms with Crippen molar-refractivity contribution in [2.75, 3.05) is 6.54 Å². The Morgan fingerprint density at radius 2 is 2.26 bits per heavy atom. The molecule has 0 bridgehead atoms. The zero-order valence-electron chi connectivity index (χ0n) is 11.8. The van der Waals surface area contributed by atoms with Crippen molar-refractivity contribution >= 4 is 0 Å². The van der Waals surface area contributed by atoms with E-state index in [0.717, 1.165) is 18.8 Å². The number of nitrogens with one attached hydrogen (secondary N) is 1. The zero-order chi connectivity index (χ0) is 13.4. The first-order valence-electron chi connectivity index (χ1n) is 6.89. The van der Waals surface area contributed by atoms with Gasteiger partial charge in [0.1, 0.15) is 0 Å². The van der Waals surface area contributed by atoms with Gasteiger partial charge in [-0.3, -0.25) is 4.68 Å². The van der Waals surface area contributed by atoms with Crippen LogP contribution >= 0.6 is 0 Å². The highest BCUT2D eigenvalue weighted by atomic mass is 15.3. The summed E-state index contributed by atoms with van der Waals surface area (Å²) in [6.45, 7) is 6.17. The SMILES string of the molecule is Cc1nn(C)c(C)c1Cn1cncc1C1CCCN1. The van der Waals surface area contributed by atoms with Crippen LogP contribution in [0, 0.1) is 13.8 Å². The van der Waals surface area contributed by atoms with Gasteiger partial charge in [0.2, 0.25) is 0 Å². The number of hydrogen-bond acceptors (Lipinski definition) is 3. The molecule has 0 radical (unpaired) electrons. The van der Waals surface area contributed by atoms with Crippen LogP contribution in [-0.2, 0) is 13.6 Å². The van der Waals surface area contributed by atoms with Gasteiger partial charge < -0.3 is 9.88 Å². The Labute approximate surface area is 113 Å². The molecule has 0 spiro atoms. The molecule has 0 aromatic carbocycles. The number of aryl methyl sites for hydroxylation is 2. The third-order valence-electron chi connectivity index (χ3n) is 4.15. The molecule has 5 nitrogen and oxygen atoms in total. The van der Waals surface area contributed by atoms with E-state index in [9.17, 15) is 0 Å². The molecule has 3 rings (SSSR count). The van der Waals surface area contributed by atoms with Gasteiger partial charge in [0.15, 0.2) is 0 Å². The number of aromatic nitrogens is 4. The third-order valence-corrected chi connectivity index (χ3v) is 4.15. The summed E-state index contributed by atoms with van der Waals surface area (Å²) < 4.78 is 4.20. The normalized spacial score (nSPS) is 19.2. The molecular weight excluding hydrogens is 238 g/mol. The minimum atomic E-state index is 0.458. The molecule has 1 saturated heterocycles. The maximum absolute atomic E-state index is 4.49. The zero-order valence-corrected chi connectivity index (χ0v) is 11.8. The van der Waals surface area contributed by atoms with Crippen LogP contribution in [0.25, 0.3) is 0 Å². The van der Waals surface area contributed by atoms with E-state index in [-0.39, 0.29) is 0 Å². The van der Waals surface area contributed by atoms with Gasteiger partial charge in [-0.05, 0) is 33.2 Å². The van der Waals surface area contributed by atoms with Crippen LogP contribution in [0.5, 0.6) is 0 Å². The van der Waals surface area contributed by atoms with Gasteiger partial charge in [0, 0.05) is 30.5 Å². The lowest BCUT2D eigenvalue weighted by Gasteiger charge is -2.14. The first-order valence-corrected chi connectivity index (χ1v) is 6.89. The smallest absolute Gasteiger partial charge is 0.0951 e. The van der Waals surface area contributed by atoms with Crippen molar-refractivity contribution in [3.8, 4) is 0 Å². The van der Waals surface area contributed by atoms with Crippen molar-refractivity contribution in [3.63, 3.8) is 0 Å². The molecule has 2 aromatic rings. The summed E-state index contributed by atoms with van der Waals surface area (Å²) in [4.78, 5) is 4.32. The quantitative estimate of drug-likeness (QED) is 0.912. The van der Waals surface area contributed by atoms with Crippen LogP contribution in [-0.4, -0.2) is 25.9 Å². The van der Waals surface area contributed by atoms with Crippen molar-refractivity contribution in [2.24, 2.45) is 7.05 Å². The lowest BCUT2D eigenvalue weighted by atomic mass is 10.1. The molecule has 3 heterocycles. The lowest BCUT2D eigenvalue weighted by Crippen LogP contribution is -2.17. The van der Waals surface area contributed by atoms with E-state index in [4.69, 9.17) is 0 Å². The molecule has 1 fully saturated rings. The Kier molecular flexibility index (Phi) is 3.14. The monoisotopic (exact) mass is 259 g/mol. The van der Waals surface area contributed by atoms with Crippen molar-refractivity contribution < 1.29 is 0 Å². The van der Waals surface area contributed by atoms with Crippen molar-refractivity contribution in [1.82, 2.24) is 24.6 Å². The topological polar surface area (TPSA) is 47.7 Å². The van der Waals surface area contributed by atoms with Crippen LogP contribution in [0.4, 0.5) is 0 Å². The molecule has 1 atom stereocenters. The van der Waals surface area contributed by atoms with Crippen LogP contribution in [0.3, 0.4) is 0 Å². The van der Waals surface area contributed by atoms with Crippen molar-refractivity contribution in [1.29, 1.82) is 0 Å². The summed E-state index contributed by atoms with van der Waals surface area (Å²) >= 11 is 0. The fourth-order valence-electron chi connectivity index (χ4n) is 2.91. The van der Waals surface area contributed by atoms with Gasteiger partial charge in [-0.2, -0.15) is 5.10 Å². The average Bonchev–Trinajstić information content (AvgIpc) is 3.08. The molecule has 1 unspecified atom stereocenters. The largest absolute Gasteiger partial charge is 0.329 e. The molecule has 0 saturated carbocycles. The summed E-state index contributed by atoms with van der Waals surface area (Å²) in [5.41, 5.74) is 4.94. The lowest BCUT2D eigenvalue weighted by molar-refractivity contribution is 0.583. The summed E-state index contributed by atoms with van der Waals surface area (Å²) in [5, 5.41) is 8.02. The minimum Gasteiger partial charge on any atom is -0.329 e. The first-order chi connectivity index (χ1) is 9.16. The minimum absolute atomic E-state index is 0.458. The molecular formula is C14H21N5. The summed E-state index contributed by atoms with van der Waals surface area (Å²) in [6.07, 6.45) is 6.38. The van der Waals surface area contributed by atoms with E-state index in [1.54, 1.807) is 0 Å². The highest BCUT2D eigenvalue weighted by molar-refractivity contribution is 5.25. The fourth-order valence-corrected chi connectivity index (χ4v) is 2.91. The maximum Gasteiger partial charge on any atom is 0.0951 e. The predicted octanol–water partition coefficient (Wildman–Crippen LogP) is 1.71. The molecule has 1 aliphatic rings. The van der Waals surface area contributed by atoms with Crippen LogP contribution in [0.1, 0.15) is 41.5 Å². The summed E-state index contributed by atoms with van der Waals surface area (Å²) in [6, 6.07) is 0.458. The van der Waals surface area contributed by atoms with Gasteiger partial charge in [-0.15, -0.1) is 0 Å². The Hall–Kier alpha value is -1.62. The average molecular weight is 259 g/mol. The summed E-state index contributed by atoms with van der Waals surface area (Å²) in [7, 11) is 2.00. The number of hydrogen-bond donors (Lipinski definition) is 1. The van der Waals surface area contributed by atoms with E-state index >= 15 is 0 Å². The number of rotatable bonds is 3. The molecule has 2 aromatic heterocycles. The Bertz CT molecular complexity index is 575. The number of nitrogens with zero attached hydrogens (tertiary/aromatic N) is 4. The second-order valence-electron chi connectivity index (χ2n) is 5.37. The number of imidazole rings is 1. The van der Waals surface area contributed by atoms with E-state index in [1.165, 1.54) is 29.8 Å². The third kappa shape index (κ3) is 2.18. The van der Waals surface area contributed by atoms with Crippen LogP contribution < -0.4 is 5.32 Å². The summed E-state index contributed by atoms with van der Waals surface area (Å²) in [5.74, 6) is 0. The van der Waals surface area contributed by atoms with Crippen LogP contribution in [0.15, 0.2) is 12.5 Å². The van der Waals surface area contributed by atoms with Crippen molar-refractivity contribution in [2.45, 2.75) is 39.3 Å². The highest BCUT2D eigenvalue weighted by Gasteiger charge is 2.20. The Morgan fingerprint density at radius 1 is 1.42 bits per heavy atom. The van der Waals surface area contributed by atoms with Gasteiger partial charge in [-0.1, -0.05) is 0 Å². The molecule has 1 N–H and O–H groups in total. The van der Waals surface area contributed by atoms with Gasteiger partial charge >= 0.3 is 0 Å². The molecule has 102 valence electrons. The van der Waals surface area contributed by atoms with Gasteiger partial charge in [0.25, 0.3) is 0 Å². The second-order valence-corrected chi connectivity index (χ2v) is 5.37. The van der Waals surface area contributed by atoms with E-state index < -0.39 is 0 Å². The fraction of sp³-hybridized carbons (Fsp3) is 0.571. The Balaban J connectivity index is 1.89. The van der Waals surface area contributed by atoms with Gasteiger partial charge in [0.05, 0.1) is 24.3 Å². The molecule has 0 aliphatic carbocycles.